The third-order valence-electron chi connectivity index (χ3n) is 0.854. The van der Waals surface area contributed by atoms with Crippen LogP contribution in [0.4, 0.5) is 0 Å². The monoisotopic (exact) mass is 117 g/mol. The predicted molar refractivity (Wildman–Crippen MR) is 24.9 cm³/mol. The van der Waals surface area contributed by atoms with Gasteiger partial charge in [0, 0.05) is 0 Å². The smallest absolute Gasteiger partial charge is 0.274 e. The molecule has 1 aliphatic heterocycles. The number of nitrogens with two attached hydrogens (primary N) is 1. The molecule has 0 aromatic rings. The second kappa shape index (κ2) is 2.11. The first kappa shape index (κ1) is 5.53. The van der Waals surface area contributed by atoms with Crippen molar-refractivity contribution in [3.63, 3.8) is 0 Å². The van der Waals surface area contributed by atoms with Gasteiger partial charge < -0.3 is 15.2 Å². The van der Waals surface area contributed by atoms with Gasteiger partial charge in [-0.05, 0) is 0 Å². The summed E-state index contributed by atoms with van der Waals surface area (Å²) in [5.41, 5.74) is 4.81. The Morgan fingerprint density at radius 2 is 2.00 bits per heavy atom. The molecule has 0 bridgehead atoms. The number of hydrogen-bond acceptors (Lipinski definition) is 3. The summed E-state index contributed by atoms with van der Waals surface area (Å²) in [7, 11) is 0. The van der Waals surface area contributed by atoms with Crippen molar-refractivity contribution in [2.24, 2.45) is 5.73 Å². The molecule has 2 N–H and O–H groups in total. The molecule has 0 saturated carbocycles. The van der Waals surface area contributed by atoms with Crippen molar-refractivity contribution in [2.75, 3.05) is 13.2 Å². The molecule has 0 radical (unpaired) electrons. The maximum absolute atomic E-state index is 10.2. The van der Waals surface area contributed by atoms with Gasteiger partial charge in [0.05, 0.1) is 13.2 Å². The highest BCUT2D eigenvalue weighted by atomic mass is 16.7. The summed E-state index contributed by atoms with van der Waals surface area (Å²) >= 11 is 0. The fourth-order valence-electron chi connectivity index (χ4n) is 0.523. The molecule has 46 valence electrons. The molecule has 0 atom stereocenters. The minimum atomic E-state index is -0.796. The van der Waals surface area contributed by atoms with Crippen molar-refractivity contribution in [2.45, 2.75) is 6.29 Å². The SMILES string of the molecule is NC(=O)C1OCCO1. The zero-order valence-corrected chi connectivity index (χ0v) is 4.29. The van der Waals surface area contributed by atoms with Crippen LogP contribution in [0, 0.1) is 0 Å². The van der Waals surface area contributed by atoms with Gasteiger partial charge in [-0.15, -0.1) is 0 Å². The highest BCUT2D eigenvalue weighted by molar-refractivity contribution is 5.77. The Hall–Kier alpha value is -0.610. The molecular formula is C4H7NO3. The topological polar surface area (TPSA) is 61.6 Å². The van der Waals surface area contributed by atoms with Crippen LogP contribution in [-0.2, 0) is 14.3 Å². The number of carbonyl (C=O) groups excluding carboxylic acids is 1. The third-order valence-corrected chi connectivity index (χ3v) is 0.854. The Morgan fingerprint density at radius 3 is 2.25 bits per heavy atom. The van der Waals surface area contributed by atoms with E-state index < -0.39 is 12.2 Å². The average Bonchev–Trinajstić information content (AvgIpc) is 2.12. The quantitative estimate of drug-likeness (QED) is 0.471. The number of ether oxygens (including phenoxy) is 2. The van der Waals surface area contributed by atoms with E-state index in [0.717, 1.165) is 0 Å². The van der Waals surface area contributed by atoms with E-state index in [1.165, 1.54) is 0 Å². The largest absolute Gasteiger partial charge is 0.365 e. The summed E-state index contributed by atoms with van der Waals surface area (Å²) in [6, 6.07) is 0. The van der Waals surface area contributed by atoms with Gasteiger partial charge in [0.15, 0.2) is 0 Å². The van der Waals surface area contributed by atoms with Gasteiger partial charge in [-0.1, -0.05) is 0 Å². The van der Waals surface area contributed by atoms with Crippen LogP contribution in [0.15, 0.2) is 0 Å². The van der Waals surface area contributed by atoms with Crippen LogP contribution < -0.4 is 5.73 Å². The lowest BCUT2D eigenvalue weighted by atomic mass is 10.6. The van der Waals surface area contributed by atoms with Gasteiger partial charge >= 0.3 is 0 Å². The average molecular weight is 117 g/mol. The van der Waals surface area contributed by atoms with Crippen molar-refractivity contribution in [1.29, 1.82) is 0 Å². The Kier molecular flexibility index (Phi) is 1.45. The van der Waals surface area contributed by atoms with Gasteiger partial charge in [-0.2, -0.15) is 0 Å². The maximum Gasteiger partial charge on any atom is 0.274 e. The van der Waals surface area contributed by atoms with Gasteiger partial charge in [0.2, 0.25) is 6.29 Å². The van der Waals surface area contributed by atoms with Gasteiger partial charge in [-0.25, -0.2) is 0 Å². The maximum atomic E-state index is 10.2. The van der Waals surface area contributed by atoms with Crippen molar-refractivity contribution < 1.29 is 14.3 Å². The van der Waals surface area contributed by atoms with Crippen LogP contribution in [0.5, 0.6) is 0 Å². The zero-order chi connectivity index (χ0) is 5.98. The van der Waals surface area contributed by atoms with E-state index in [1.54, 1.807) is 0 Å². The molecule has 4 heteroatoms. The lowest BCUT2D eigenvalue weighted by Crippen LogP contribution is -2.28. The molecule has 0 aromatic heterocycles. The van der Waals surface area contributed by atoms with E-state index in [1.807, 2.05) is 0 Å². The van der Waals surface area contributed by atoms with E-state index in [4.69, 9.17) is 15.2 Å². The van der Waals surface area contributed by atoms with Crippen LogP contribution in [-0.4, -0.2) is 25.4 Å². The molecule has 1 rings (SSSR count). The molecule has 0 aromatic carbocycles. The number of primary amides is 1. The second-order valence-corrected chi connectivity index (χ2v) is 1.48. The van der Waals surface area contributed by atoms with E-state index in [9.17, 15) is 4.79 Å². The van der Waals surface area contributed by atoms with Crippen LogP contribution in [0.1, 0.15) is 0 Å². The number of hydrogen-bond donors (Lipinski definition) is 1. The summed E-state index contributed by atoms with van der Waals surface area (Å²) in [6.45, 7) is 0.932. The van der Waals surface area contributed by atoms with Gasteiger partial charge in [0.1, 0.15) is 0 Å². The lowest BCUT2D eigenvalue weighted by molar-refractivity contribution is -0.143. The third kappa shape index (κ3) is 0.962. The van der Waals surface area contributed by atoms with Crippen LogP contribution in [0.25, 0.3) is 0 Å². The first-order valence-corrected chi connectivity index (χ1v) is 2.33. The Bertz CT molecular complexity index is 97.5. The molecule has 1 fully saturated rings. The summed E-state index contributed by atoms with van der Waals surface area (Å²) in [6.07, 6.45) is -0.796. The molecule has 0 unspecified atom stereocenters. The highest BCUT2D eigenvalue weighted by Crippen LogP contribution is 2.00. The molecule has 0 aliphatic carbocycles. The normalized spacial score (nSPS) is 21.5. The molecule has 1 amide bonds. The Morgan fingerprint density at radius 1 is 1.50 bits per heavy atom. The Labute approximate surface area is 46.6 Å². The first-order valence-electron chi connectivity index (χ1n) is 2.33. The molecule has 1 saturated heterocycles. The van der Waals surface area contributed by atoms with Crippen molar-refractivity contribution >= 4 is 5.91 Å². The summed E-state index contributed by atoms with van der Waals surface area (Å²) in [5.74, 6) is -0.553. The van der Waals surface area contributed by atoms with E-state index in [2.05, 4.69) is 0 Å². The fourth-order valence-corrected chi connectivity index (χ4v) is 0.523. The van der Waals surface area contributed by atoms with Crippen LogP contribution in [0.3, 0.4) is 0 Å². The van der Waals surface area contributed by atoms with Crippen LogP contribution >= 0.6 is 0 Å². The molecule has 0 spiro atoms. The van der Waals surface area contributed by atoms with E-state index in [-0.39, 0.29) is 0 Å². The number of rotatable bonds is 1. The zero-order valence-electron chi connectivity index (χ0n) is 4.29. The van der Waals surface area contributed by atoms with Crippen molar-refractivity contribution in [1.82, 2.24) is 0 Å². The highest BCUT2D eigenvalue weighted by Gasteiger charge is 2.20. The number of amides is 1. The standard InChI is InChI=1S/C4H7NO3/c5-3(6)4-7-1-2-8-4/h4H,1-2H2,(H2,5,6). The molecule has 4 nitrogen and oxygen atoms in total. The van der Waals surface area contributed by atoms with Gasteiger partial charge in [0.25, 0.3) is 5.91 Å². The van der Waals surface area contributed by atoms with E-state index in [0.29, 0.717) is 13.2 Å². The van der Waals surface area contributed by atoms with Crippen molar-refractivity contribution in [3.05, 3.63) is 0 Å². The van der Waals surface area contributed by atoms with E-state index >= 15 is 0 Å². The summed E-state index contributed by atoms with van der Waals surface area (Å²) in [5, 5.41) is 0. The van der Waals surface area contributed by atoms with Crippen LogP contribution in [0.2, 0.25) is 0 Å². The molecular weight excluding hydrogens is 110 g/mol. The van der Waals surface area contributed by atoms with Gasteiger partial charge in [-0.3, -0.25) is 4.79 Å². The summed E-state index contributed by atoms with van der Waals surface area (Å²) < 4.78 is 9.44. The minimum absolute atomic E-state index is 0.466. The predicted octanol–water partition coefficient (Wildman–Crippen LogP) is -1.16. The molecule has 1 aliphatic rings. The number of carbonyl (C=O) groups is 1. The summed E-state index contributed by atoms with van der Waals surface area (Å²) in [4.78, 5) is 10.2. The molecule has 8 heavy (non-hydrogen) atoms. The van der Waals surface area contributed by atoms with Crippen molar-refractivity contribution in [3.8, 4) is 0 Å². The first-order chi connectivity index (χ1) is 3.80. The minimum Gasteiger partial charge on any atom is -0.365 e. The second-order valence-electron chi connectivity index (χ2n) is 1.48. The lowest BCUT2D eigenvalue weighted by Gasteiger charge is -2.00. The molecule has 1 heterocycles. The Balaban J connectivity index is 2.35. The fraction of sp³-hybridized carbons (Fsp3) is 0.750.